The highest BCUT2D eigenvalue weighted by Gasteiger charge is 2.41. The van der Waals surface area contributed by atoms with Crippen LogP contribution in [-0.4, -0.2) is 0 Å². The van der Waals surface area contributed by atoms with Crippen LogP contribution < -0.4 is 4.74 Å². The normalized spacial score (nSPS) is 19.7. The SMILES string of the molecule is CCCC1CCC(CCc2cc(F)c(C(F)(F)Oc3ccc(F)cc3)c(F)c2)CC1. The van der Waals surface area contributed by atoms with E-state index in [0.29, 0.717) is 17.9 Å². The molecule has 0 spiro atoms. The average Bonchev–Trinajstić information content (AvgIpc) is 2.68. The van der Waals surface area contributed by atoms with Gasteiger partial charge in [-0.3, -0.25) is 0 Å². The molecule has 1 fully saturated rings. The van der Waals surface area contributed by atoms with Crippen LogP contribution in [0.1, 0.15) is 63.0 Å². The lowest BCUT2D eigenvalue weighted by Gasteiger charge is -2.28. The summed E-state index contributed by atoms with van der Waals surface area (Å²) in [4.78, 5) is 0. The van der Waals surface area contributed by atoms with Gasteiger partial charge in [0.05, 0.1) is 0 Å². The summed E-state index contributed by atoms with van der Waals surface area (Å²) >= 11 is 0. The van der Waals surface area contributed by atoms with Crippen LogP contribution in [0.5, 0.6) is 5.75 Å². The molecular weight excluding hydrogens is 399 g/mol. The van der Waals surface area contributed by atoms with Gasteiger partial charge in [-0.05, 0) is 66.6 Å². The predicted octanol–water partition coefficient (Wildman–Crippen LogP) is 7.77. The van der Waals surface area contributed by atoms with Gasteiger partial charge in [-0.2, -0.15) is 8.78 Å². The lowest BCUT2D eigenvalue weighted by molar-refractivity contribution is -0.189. The smallest absolute Gasteiger partial charge is 0.429 e. The van der Waals surface area contributed by atoms with E-state index in [2.05, 4.69) is 11.7 Å². The molecule has 0 aliphatic heterocycles. The van der Waals surface area contributed by atoms with Gasteiger partial charge in [0.15, 0.2) is 0 Å². The van der Waals surface area contributed by atoms with E-state index in [0.717, 1.165) is 61.6 Å². The molecule has 2 aromatic rings. The Kier molecular flexibility index (Phi) is 7.37. The minimum Gasteiger partial charge on any atom is -0.429 e. The first kappa shape index (κ1) is 22.6. The molecule has 1 nitrogen and oxygen atoms in total. The number of rotatable bonds is 8. The second-order valence-corrected chi connectivity index (χ2v) is 8.22. The highest BCUT2D eigenvalue weighted by atomic mass is 19.3. The third-order valence-electron chi connectivity index (χ3n) is 5.96. The third kappa shape index (κ3) is 5.73. The van der Waals surface area contributed by atoms with Gasteiger partial charge in [0, 0.05) is 0 Å². The Bertz CT molecular complexity index is 803. The molecule has 0 aromatic heterocycles. The number of aryl methyl sites for hydroxylation is 1. The van der Waals surface area contributed by atoms with Crippen LogP contribution in [0.2, 0.25) is 0 Å². The highest BCUT2D eigenvalue weighted by Crippen LogP contribution is 2.37. The molecule has 0 saturated heterocycles. The molecule has 0 N–H and O–H groups in total. The maximum Gasteiger partial charge on any atom is 0.432 e. The molecule has 30 heavy (non-hydrogen) atoms. The number of halogens is 5. The van der Waals surface area contributed by atoms with Crippen molar-refractivity contribution < 1.29 is 26.7 Å². The van der Waals surface area contributed by atoms with Crippen molar-refractivity contribution in [2.75, 3.05) is 0 Å². The average molecular weight is 426 g/mol. The van der Waals surface area contributed by atoms with Crippen molar-refractivity contribution in [1.29, 1.82) is 0 Å². The summed E-state index contributed by atoms with van der Waals surface area (Å²) in [5.74, 6) is -2.42. The number of hydrogen-bond acceptors (Lipinski definition) is 1. The van der Waals surface area contributed by atoms with E-state index >= 15 is 0 Å². The van der Waals surface area contributed by atoms with Gasteiger partial charge in [0.1, 0.15) is 28.8 Å². The fraction of sp³-hybridized carbons (Fsp3) is 0.500. The van der Waals surface area contributed by atoms with Crippen LogP contribution in [0.3, 0.4) is 0 Å². The first-order chi connectivity index (χ1) is 14.3. The molecule has 6 heteroatoms. The highest BCUT2D eigenvalue weighted by molar-refractivity contribution is 5.30. The summed E-state index contributed by atoms with van der Waals surface area (Å²) in [5.41, 5.74) is -1.07. The molecule has 2 aromatic carbocycles. The molecular formula is C24H27F5O. The molecule has 3 rings (SSSR count). The van der Waals surface area contributed by atoms with E-state index < -0.39 is 29.1 Å². The predicted molar refractivity (Wildman–Crippen MR) is 106 cm³/mol. The maximum atomic E-state index is 14.4. The van der Waals surface area contributed by atoms with Crippen LogP contribution in [0.25, 0.3) is 0 Å². The van der Waals surface area contributed by atoms with E-state index in [1.807, 2.05) is 0 Å². The molecule has 1 aliphatic rings. The second-order valence-electron chi connectivity index (χ2n) is 8.22. The molecule has 164 valence electrons. The largest absolute Gasteiger partial charge is 0.432 e. The monoisotopic (exact) mass is 426 g/mol. The number of ether oxygens (including phenoxy) is 1. The van der Waals surface area contributed by atoms with Crippen molar-refractivity contribution in [3.8, 4) is 5.75 Å². The van der Waals surface area contributed by atoms with Crippen molar-refractivity contribution >= 4 is 0 Å². The third-order valence-corrected chi connectivity index (χ3v) is 5.96. The summed E-state index contributed by atoms with van der Waals surface area (Å²) in [6.07, 6.45) is 4.05. The molecule has 1 saturated carbocycles. The van der Waals surface area contributed by atoms with Crippen molar-refractivity contribution in [2.45, 2.75) is 64.4 Å². The maximum absolute atomic E-state index is 14.4. The van der Waals surface area contributed by atoms with Crippen LogP contribution in [0, 0.1) is 29.3 Å². The zero-order chi connectivity index (χ0) is 21.7. The van der Waals surface area contributed by atoms with Crippen LogP contribution in [0.4, 0.5) is 22.0 Å². The van der Waals surface area contributed by atoms with E-state index in [1.54, 1.807) is 0 Å². The van der Waals surface area contributed by atoms with Gasteiger partial charge in [-0.15, -0.1) is 0 Å². The zero-order valence-corrected chi connectivity index (χ0v) is 17.1. The molecule has 0 bridgehead atoms. The second kappa shape index (κ2) is 9.80. The molecule has 0 radical (unpaired) electrons. The molecule has 0 amide bonds. The Morgan fingerprint density at radius 2 is 1.40 bits per heavy atom. The van der Waals surface area contributed by atoms with E-state index in [-0.39, 0.29) is 5.75 Å². The Labute approximate surface area is 174 Å². The van der Waals surface area contributed by atoms with Crippen LogP contribution in [-0.2, 0) is 12.5 Å². The van der Waals surface area contributed by atoms with Gasteiger partial charge in [-0.25, -0.2) is 13.2 Å². The molecule has 1 aliphatic carbocycles. The quantitative estimate of drug-likeness (QED) is 0.392. The number of benzene rings is 2. The van der Waals surface area contributed by atoms with Gasteiger partial charge >= 0.3 is 6.11 Å². The summed E-state index contributed by atoms with van der Waals surface area (Å²) in [5, 5.41) is 0. The first-order valence-corrected chi connectivity index (χ1v) is 10.6. The minimum absolute atomic E-state index is 0.363. The first-order valence-electron chi connectivity index (χ1n) is 10.6. The van der Waals surface area contributed by atoms with E-state index in [1.165, 1.54) is 25.7 Å². The Morgan fingerprint density at radius 1 is 0.867 bits per heavy atom. The Balaban J connectivity index is 1.64. The van der Waals surface area contributed by atoms with Crippen molar-refractivity contribution in [3.05, 3.63) is 65.0 Å². The number of hydrogen-bond donors (Lipinski definition) is 0. The zero-order valence-electron chi connectivity index (χ0n) is 17.1. The lowest BCUT2D eigenvalue weighted by Crippen LogP contribution is -2.25. The molecule has 0 atom stereocenters. The molecule has 0 unspecified atom stereocenters. The van der Waals surface area contributed by atoms with E-state index in [9.17, 15) is 22.0 Å². The summed E-state index contributed by atoms with van der Waals surface area (Å²) in [6.45, 7) is 2.19. The van der Waals surface area contributed by atoms with Gasteiger partial charge in [-0.1, -0.05) is 45.4 Å². The van der Waals surface area contributed by atoms with Crippen molar-refractivity contribution in [2.24, 2.45) is 11.8 Å². The summed E-state index contributed by atoms with van der Waals surface area (Å²) in [7, 11) is 0. The summed E-state index contributed by atoms with van der Waals surface area (Å²) < 4.78 is 74.9. The van der Waals surface area contributed by atoms with E-state index in [4.69, 9.17) is 0 Å². The fourth-order valence-corrected chi connectivity index (χ4v) is 4.34. The van der Waals surface area contributed by atoms with Crippen LogP contribution in [0.15, 0.2) is 36.4 Å². The summed E-state index contributed by atoms with van der Waals surface area (Å²) in [6, 6.07) is 5.73. The molecule has 0 heterocycles. The van der Waals surface area contributed by atoms with Gasteiger partial charge in [0.2, 0.25) is 0 Å². The number of alkyl halides is 2. The minimum atomic E-state index is -4.22. The lowest BCUT2D eigenvalue weighted by atomic mass is 9.78. The Hall–Kier alpha value is -2.11. The van der Waals surface area contributed by atoms with Gasteiger partial charge < -0.3 is 4.74 Å². The Morgan fingerprint density at radius 3 is 1.93 bits per heavy atom. The van der Waals surface area contributed by atoms with Crippen LogP contribution >= 0.6 is 0 Å². The van der Waals surface area contributed by atoms with Crippen molar-refractivity contribution in [3.63, 3.8) is 0 Å². The topological polar surface area (TPSA) is 9.23 Å². The standard InChI is InChI=1S/C24H27F5O/c1-2-3-16-4-6-17(7-5-16)8-9-18-14-21(26)23(22(27)15-18)24(28,29)30-20-12-10-19(25)11-13-20/h10-17H,2-9H2,1H3. The van der Waals surface area contributed by atoms with Gasteiger partial charge in [0.25, 0.3) is 0 Å². The fourth-order valence-electron chi connectivity index (χ4n) is 4.34. The van der Waals surface area contributed by atoms with Crippen molar-refractivity contribution in [1.82, 2.24) is 0 Å².